The summed E-state index contributed by atoms with van der Waals surface area (Å²) in [7, 11) is 1.65. The van der Waals surface area contributed by atoms with Gasteiger partial charge in [-0.1, -0.05) is 56.3 Å². The number of hydrogen-bond acceptors (Lipinski definition) is 5. The predicted octanol–water partition coefficient (Wildman–Crippen LogP) is 6.97. The van der Waals surface area contributed by atoms with Crippen molar-refractivity contribution in [1.29, 1.82) is 0 Å². The summed E-state index contributed by atoms with van der Waals surface area (Å²) in [5, 5.41) is 7.32. The molecule has 3 aromatic rings. The molecule has 5 nitrogen and oxygen atoms in total. The van der Waals surface area contributed by atoms with E-state index < -0.39 is 0 Å². The second-order valence-electron chi connectivity index (χ2n) is 10.6. The number of rotatable bonds is 5. The fraction of sp³-hybridized carbons (Fsp3) is 0.323. The summed E-state index contributed by atoms with van der Waals surface area (Å²) in [5.74, 6) is 1.23. The third kappa shape index (κ3) is 4.70. The van der Waals surface area contributed by atoms with Crippen LogP contribution < -0.4 is 20.1 Å². The Hall–Kier alpha value is -3.73. The Bertz CT molecular complexity index is 1330. The number of anilines is 2. The fourth-order valence-corrected chi connectivity index (χ4v) is 5.23. The normalized spacial score (nSPS) is 20.1. The zero-order chi connectivity index (χ0) is 25.4. The van der Waals surface area contributed by atoms with E-state index in [-0.39, 0.29) is 23.2 Å². The molecule has 1 aliphatic carbocycles. The highest BCUT2D eigenvalue weighted by Gasteiger charge is 2.42. The van der Waals surface area contributed by atoms with E-state index in [1.165, 1.54) is 11.1 Å². The number of ether oxygens (including phenoxy) is 2. The minimum atomic E-state index is -0.327. The molecule has 5 heteroatoms. The molecular formula is C31H34N2O3. The second-order valence-corrected chi connectivity index (χ2v) is 10.6. The first kappa shape index (κ1) is 24.0. The van der Waals surface area contributed by atoms with E-state index in [4.69, 9.17) is 9.47 Å². The lowest BCUT2D eigenvalue weighted by molar-refractivity contribution is -0.124. The van der Waals surface area contributed by atoms with E-state index in [1.54, 1.807) is 7.11 Å². The van der Waals surface area contributed by atoms with Gasteiger partial charge in [0.15, 0.2) is 11.5 Å². The summed E-state index contributed by atoms with van der Waals surface area (Å²) in [6, 6.07) is 20.1. The molecule has 0 aromatic heterocycles. The highest BCUT2D eigenvalue weighted by Crippen LogP contribution is 2.46. The van der Waals surface area contributed by atoms with Gasteiger partial charge in [-0.25, -0.2) is 0 Å². The summed E-state index contributed by atoms with van der Waals surface area (Å²) in [5.41, 5.74) is 7.24. The lowest BCUT2D eigenvalue weighted by Crippen LogP contribution is -2.36. The standard InChI is InChI=1S/C31H34N2O3/c1-19-13-23-24(14-20(19)2)33-30(29-25(32-23)16-31(3,4)17-26(29)34)22-11-12-27(28(15-22)35-5)36-18-21-9-7-6-8-10-21/h6-16,29-30,32-33H,17-18H2,1-5H3/t29-,30-/m0/s1. The summed E-state index contributed by atoms with van der Waals surface area (Å²) >= 11 is 0. The van der Waals surface area contributed by atoms with Crippen LogP contribution in [0.4, 0.5) is 11.4 Å². The minimum absolute atomic E-state index is 0.197. The lowest BCUT2D eigenvalue weighted by Gasteiger charge is -2.35. The first-order valence-electron chi connectivity index (χ1n) is 12.5. The maximum atomic E-state index is 13.6. The van der Waals surface area contributed by atoms with Crippen molar-refractivity contribution in [2.75, 3.05) is 17.7 Å². The van der Waals surface area contributed by atoms with Crippen molar-refractivity contribution < 1.29 is 14.3 Å². The van der Waals surface area contributed by atoms with Gasteiger partial charge in [-0.2, -0.15) is 0 Å². The Labute approximate surface area is 213 Å². The summed E-state index contributed by atoms with van der Waals surface area (Å²) < 4.78 is 11.8. The van der Waals surface area contributed by atoms with E-state index in [2.05, 4.69) is 56.5 Å². The summed E-state index contributed by atoms with van der Waals surface area (Å²) in [6.45, 7) is 8.91. The highest BCUT2D eigenvalue weighted by atomic mass is 16.5. The van der Waals surface area contributed by atoms with Gasteiger partial charge in [-0.05, 0) is 65.8 Å². The topological polar surface area (TPSA) is 59.6 Å². The van der Waals surface area contributed by atoms with Gasteiger partial charge in [-0.3, -0.25) is 4.79 Å². The molecule has 0 radical (unpaired) electrons. The van der Waals surface area contributed by atoms with Gasteiger partial charge < -0.3 is 20.1 Å². The largest absolute Gasteiger partial charge is 0.493 e. The van der Waals surface area contributed by atoms with Gasteiger partial charge in [0.05, 0.1) is 30.4 Å². The zero-order valence-corrected chi connectivity index (χ0v) is 21.6. The van der Waals surface area contributed by atoms with Crippen LogP contribution >= 0.6 is 0 Å². The Kier molecular flexibility index (Phi) is 6.25. The number of aryl methyl sites for hydroxylation is 2. The van der Waals surface area contributed by atoms with E-state index in [0.717, 1.165) is 28.2 Å². The molecule has 186 valence electrons. The SMILES string of the molecule is COc1cc([C@@H]2Nc3cc(C)c(C)cc3NC3=CC(C)(C)CC(=O)[C@H]32)ccc1OCc1ccccc1. The van der Waals surface area contributed by atoms with E-state index >= 15 is 0 Å². The van der Waals surface area contributed by atoms with Crippen molar-refractivity contribution in [3.8, 4) is 11.5 Å². The smallest absolute Gasteiger partial charge is 0.161 e. The number of nitrogens with one attached hydrogen (secondary N) is 2. The van der Waals surface area contributed by atoms with Gasteiger partial charge in [-0.15, -0.1) is 0 Å². The molecule has 2 aliphatic rings. The van der Waals surface area contributed by atoms with Crippen LogP contribution in [0.2, 0.25) is 0 Å². The van der Waals surface area contributed by atoms with Crippen molar-refractivity contribution in [3.63, 3.8) is 0 Å². The van der Waals surface area contributed by atoms with E-state index in [0.29, 0.717) is 24.5 Å². The Morgan fingerprint density at radius 2 is 1.67 bits per heavy atom. The van der Waals surface area contributed by atoms with Crippen LogP contribution in [-0.2, 0) is 11.4 Å². The molecule has 3 aromatic carbocycles. The highest BCUT2D eigenvalue weighted by molar-refractivity contribution is 5.90. The Morgan fingerprint density at radius 3 is 2.39 bits per heavy atom. The molecule has 0 saturated heterocycles. The molecule has 36 heavy (non-hydrogen) atoms. The van der Waals surface area contributed by atoms with Gasteiger partial charge in [0.25, 0.3) is 0 Å². The van der Waals surface area contributed by atoms with Crippen LogP contribution in [0.5, 0.6) is 11.5 Å². The summed E-state index contributed by atoms with van der Waals surface area (Å²) in [6.07, 6.45) is 2.73. The lowest BCUT2D eigenvalue weighted by atomic mass is 9.72. The molecule has 2 atom stereocenters. The van der Waals surface area contributed by atoms with Gasteiger partial charge in [0.2, 0.25) is 0 Å². The number of hydrogen-bond donors (Lipinski definition) is 2. The van der Waals surface area contributed by atoms with Crippen LogP contribution in [-0.4, -0.2) is 12.9 Å². The zero-order valence-electron chi connectivity index (χ0n) is 21.6. The third-order valence-electron chi connectivity index (χ3n) is 7.20. The predicted molar refractivity (Wildman–Crippen MR) is 145 cm³/mol. The van der Waals surface area contributed by atoms with Crippen LogP contribution in [0, 0.1) is 25.2 Å². The Morgan fingerprint density at radius 1 is 0.944 bits per heavy atom. The van der Waals surface area contributed by atoms with Crippen molar-refractivity contribution in [2.45, 2.75) is 46.8 Å². The van der Waals surface area contributed by atoms with Crippen LogP contribution in [0.3, 0.4) is 0 Å². The van der Waals surface area contributed by atoms with Gasteiger partial charge in [0.1, 0.15) is 12.4 Å². The average molecular weight is 483 g/mol. The molecule has 0 fully saturated rings. The quantitative estimate of drug-likeness (QED) is 0.411. The molecule has 1 heterocycles. The van der Waals surface area contributed by atoms with Crippen molar-refractivity contribution in [2.24, 2.45) is 11.3 Å². The van der Waals surface area contributed by atoms with Crippen LogP contribution in [0.1, 0.15) is 48.6 Å². The number of benzene rings is 3. The number of fused-ring (bicyclic) bond motifs is 2. The van der Waals surface area contributed by atoms with E-state index in [9.17, 15) is 4.79 Å². The summed E-state index contributed by atoms with van der Waals surface area (Å²) in [4.78, 5) is 13.6. The van der Waals surface area contributed by atoms with Crippen LogP contribution in [0.25, 0.3) is 0 Å². The Balaban J connectivity index is 1.54. The van der Waals surface area contributed by atoms with Gasteiger partial charge in [0, 0.05) is 12.1 Å². The molecule has 0 unspecified atom stereocenters. The molecule has 2 N–H and O–H groups in total. The van der Waals surface area contributed by atoms with Crippen molar-refractivity contribution in [1.82, 2.24) is 0 Å². The monoisotopic (exact) mass is 482 g/mol. The second kappa shape index (κ2) is 9.38. The maximum absolute atomic E-state index is 13.6. The average Bonchev–Trinajstić information content (AvgIpc) is 2.99. The molecule has 0 bridgehead atoms. The van der Waals surface area contributed by atoms with Crippen LogP contribution in [0.15, 0.2) is 72.4 Å². The number of carbonyl (C=O) groups is 1. The minimum Gasteiger partial charge on any atom is -0.493 e. The number of allylic oxidation sites excluding steroid dienone is 1. The van der Waals surface area contributed by atoms with Crippen molar-refractivity contribution in [3.05, 3.63) is 94.7 Å². The number of methoxy groups -OCH3 is 1. The first-order chi connectivity index (χ1) is 17.2. The van der Waals surface area contributed by atoms with E-state index in [1.807, 2.05) is 48.5 Å². The molecule has 0 saturated carbocycles. The fourth-order valence-electron chi connectivity index (χ4n) is 5.23. The molecule has 1 aliphatic heterocycles. The third-order valence-corrected chi connectivity index (χ3v) is 7.20. The molecule has 5 rings (SSSR count). The molecule has 0 spiro atoms. The molecule has 0 amide bonds. The maximum Gasteiger partial charge on any atom is 0.161 e. The number of carbonyl (C=O) groups excluding carboxylic acids is 1. The number of ketones is 1. The number of Topliss-reactive ketones (excluding diaryl/α,β-unsaturated/α-hetero) is 1. The first-order valence-corrected chi connectivity index (χ1v) is 12.5. The van der Waals surface area contributed by atoms with Crippen molar-refractivity contribution >= 4 is 17.2 Å². The van der Waals surface area contributed by atoms with Gasteiger partial charge >= 0.3 is 0 Å². The molecular weight excluding hydrogens is 448 g/mol.